The summed E-state index contributed by atoms with van der Waals surface area (Å²) in [7, 11) is 1.92. The van der Waals surface area contributed by atoms with E-state index in [1.807, 2.05) is 43.1 Å². The van der Waals surface area contributed by atoms with Gasteiger partial charge < -0.3 is 19.7 Å². The minimum atomic E-state index is -0.795. The van der Waals surface area contributed by atoms with Crippen molar-refractivity contribution in [3.05, 3.63) is 24.3 Å². The molecule has 0 amide bonds. The molecule has 1 aliphatic rings. The summed E-state index contributed by atoms with van der Waals surface area (Å²) in [6.45, 7) is 2.72. The number of aromatic amines is 1. The number of benzene rings is 1. The lowest BCUT2D eigenvalue weighted by atomic mass is 9.78. The Morgan fingerprint density at radius 3 is 2.79 bits per heavy atom. The van der Waals surface area contributed by atoms with E-state index in [0.717, 1.165) is 17.0 Å². The average Bonchev–Trinajstić information content (AvgIpc) is 2.99. The molecule has 1 heterocycles. The lowest BCUT2D eigenvalue weighted by Gasteiger charge is -2.37. The van der Waals surface area contributed by atoms with Crippen LogP contribution < -0.4 is 4.90 Å². The molecule has 1 aromatic heterocycles. The molecule has 1 aliphatic carbocycles. The van der Waals surface area contributed by atoms with Crippen LogP contribution in [0.15, 0.2) is 24.3 Å². The monoisotopic (exact) mass is 331 g/mol. The Morgan fingerprint density at radius 2 is 2.12 bits per heavy atom. The summed E-state index contributed by atoms with van der Waals surface area (Å²) in [6.07, 6.45) is 2.54. The van der Waals surface area contributed by atoms with Crippen LogP contribution in [0.2, 0.25) is 0 Å². The lowest BCUT2D eigenvalue weighted by Crippen LogP contribution is -2.45. The van der Waals surface area contributed by atoms with Gasteiger partial charge in [0.25, 0.3) is 0 Å². The third-order valence-electron chi connectivity index (χ3n) is 4.81. The Kier molecular flexibility index (Phi) is 4.76. The van der Waals surface area contributed by atoms with E-state index in [1.54, 1.807) is 0 Å². The first-order valence-electron chi connectivity index (χ1n) is 8.56. The summed E-state index contributed by atoms with van der Waals surface area (Å²) in [6, 6.07) is 7.87. The van der Waals surface area contributed by atoms with Crippen molar-refractivity contribution in [2.75, 3.05) is 25.1 Å². The molecule has 0 atom stereocenters. The van der Waals surface area contributed by atoms with Crippen LogP contribution in [0.3, 0.4) is 0 Å². The molecule has 0 aliphatic heterocycles. The van der Waals surface area contributed by atoms with Crippen LogP contribution >= 0.6 is 0 Å². The predicted octanol–water partition coefficient (Wildman–Crippen LogP) is 2.48. The van der Waals surface area contributed by atoms with Gasteiger partial charge in [-0.05, 0) is 44.7 Å². The highest BCUT2D eigenvalue weighted by Crippen LogP contribution is 2.34. The van der Waals surface area contributed by atoms with Gasteiger partial charge in [-0.15, -0.1) is 0 Å². The highest BCUT2D eigenvalue weighted by Gasteiger charge is 2.37. The second kappa shape index (κ2) is 6.81. The number of aliphatic hydroxyl groups is 1. The zero-order chi connectivity index (χ0) is 17.2. The van der Waals surface area contributed by atoms with Crippen LogP contribution in [-0.4, -0.2) is 46.8 Å². The standard InChI is InChI=1S/C18H25N3O3/c1-3-24-16(22)13-8-10-18(23,11-9-13)12-21(2)17-19-14-6-4-5-7-15(14)20-17/h4-7,13,23H,3,8-12H2,1-2H3,(H,19,20). The van der Waals surface area contributed by atoms with Crippen molar-refractivity contribution in [1.29, 1.82) is 0 Å². The summed E-state index contributed by atoms with van der Waals surface area (Å²) in [5.74, 6) is 0.532. The molecule has 0 radical (unpaired) electrons. The minimum absolute atomic E-state index is 0.0817. The molecule has 3 rings (SSSR count). The van der Waals surface area contributed by atoms with E-state index < -0.39 is 5.60 Å². The van der Waals surface area contributed by atoms with Crippen molar-refractivity contribution in [3.63, 3.8) is 0 Å². The van der Waals surface area contributed by atoms with Gasteiger partial charge in [0, 0.05) is 13.6 Å². The third-order valence-corrected chi connectivity index (χ3v) is 4.81. The largest absolute Gasteiger partial charge is 0.466 e. The SMILES string of the molecule is CCOC(=O)C1CCC(O)(CN(C)c2nc3ccccc3[nH]2)CC1. The molecule has 1 saturated carbocycles. The number of nitrogens with zero attached hydrogens (tertiary/aromatic N) is 2. The zero-order valence-electron chi connectivity index (χ0n) is 14.3. The van der Waals surface area contributed by atoms with Gasteiger partial charge in [0.05, 0.1) is 29.2 Å². The summed E-state index contributed by atoms with van der Waals surface area (Å²) in [5, 5.41) is 10.9. The van der Waals surface area contributed by atoms with Crippen LogP contribution in [0, 0.1) is 5.92 Å². The number of aromatic nitrogens is 2. The number of H-pyrrole nitrogens is 1. The predicted molar refractivity (Wildman–Crippen MR) is 92.9 cm³/mol. The van der Waals surface area contributed by atoms with Crippen molar-refractivity contribution in [2.45, 2.75) is 38.2 Å². The van der Waals surface area contributed by atoms with Crippen LogP contribution in [-0.2, 0) is 9.53 Å². The maximum atomic E-state index is 11.8. The van der Waals surface area contributed by atoms with Crippen molar-refractivity contribution < 1.29 is 14.6 Å². The molecule has 130 valence electrons. The van der Waals surface area contributed by atoms with Crippen LogP contribution in [0.25, 0.3) is 11.0 Å². The highest BCUT2D eigenvalue weighted by atomic mass is 16.5. The topological polar surface area (TPSA) is 78.5 Å². The molecule has 1 aromatic carbocycles. The maximum Gasteiger partial charge on any atom is 0.308 e. The van der Waals surface area contributed by atoms with Gasteiger partial charge in [-0.25, -0.2) is 4.98 Å². The van der Waals surface area contributed by atoms with Crippen molar-refractivity contribution >= 4 is 23.0 Å². The van der Waals surface area contributed by atoms with E-state index in [0.29, 0.717) is 38.8 Å². The highest BCUT2D eigenvalue weighted by molar-refractivity contribution is 5.77. The second-order valence-electron chi connectivity index (χ2n) is 6.68. The van der Waals surface area contributed by atoms with E-state index in [9.17, 15) is 9.90 Å². The van der Waals surface area contributed by atoms with Gasteiger partial charge in [-0.2, -0.15) is 0 Å². The molecule has 2 aromatic rings. The number of rotatable bonds is 5. The zero-order valence-corrected chi connectivity index (χ0v) is 14.3. The third kappa shape index (κ3) is 3.53. The molecule has 6 nitrogen and oxygen atoms in total. The minimum Gasteiger partial charge on any atom is -0.466 e. The number of nitrogens with one attached hydrogen (secondary N) is 1. The molecule has 2 N–H and O–H groups in total. The fourth-order valence-corrected chi connectivity index (χ4v) is 3.45. The summed E-state index contributed by atoms with van der Waals surface area (Å²) in [4.78, 5) is 21.6. The molecule has 0 unspecified atom stereocenters. The van der Waals surface area contributed by atoms with Crippen molar-refractivity contribution in [1.82, 2.24) is 9.97 Å². The number of carbonyl (C=O) groups is 1. The number of ether oxygens (including phenoxy) is 1. The quantitative estimate of drug-likeness (QED) is 0.823. The Hall–Kier alpha value is -2.08. The van der Waals surface area contributed by atoms with Crippen LogP contribution in [0.4, 0.5) is 5.95 Å². The van der Waals surface area contributed by atoms with Gasteiger partial charge in [0.15, 0.2) is 0 Å². The molecule has 6 heteroatoms. The fraction of sp³-hybridized carbons (Fsp3) is 0.556. The van der Waals surface area contributed by atoms with E-state index in [1.165, 1.54) is 0 Å². The second-order valence-corrected chi connectivity index (χ2v) is 6.68. The summed E-state index contributed by atoms with van der Waals surface area (Å²) in [5.41, 5.74) is 1.10. The average molecular weight is 331 g/mol. The number of imidazole rings is 1. The fourth-order valence-electron chi connectivity index (χ4n) is 3.45. The molecule has 24 heavy (non-hydrogen) atoms. The van der Waals surface area contributed by atoms with Gasteiger partial charge in [-0.3, -0.25) is 4.79 Å². The van der Waals surface area contributed by atoms with E-state index in [2.05, 4.69) is 9.97 Å². The Labute approximate surface area is 141 Å². The number of hydrogen-bond donors (Lipinski definition) is 2. The molecule has 0 spiro atoms. The first kappa shape index (κ1) is 16.8. The molecule has 0 saturated heterocycles. The molecular weight excluding hydrogens is 306 g/mol. The Balaban J connectivity index is 1.62. The number of carbonyl (C=O) groups excluding carboxylic acids is 1. The first-order valence-corrected chi connectivity index (χ1v) is 8.56. The molecule has 1 fully saturated rings. The van der Waals surface area contributed by atoms with Crippen molar-refractivity contribution in [2.24, 2.45) is 5.92 Å². The Bertz CT molecular complexity index is 671. The van der Waals surface area contributed by atoms with E-state index in [4.69, 9.17) is 4.74 Å². The number of anilines is 1. The molecular formula is C18H25N3O3. The number of hydrogen-bond acceptors (Lipinski definition) is 5. The van der Waals surface area contributed by atoms with Crippen LogP contribution in [0.1, 0.15) is 32.6 Å². The van der Waals surface area contributed by atoms with Gasteiger partial charge in [0.1, 0.15) is 0 Å². The van der Waals surface area contributed by atoms with Crippen molar-refractivity contribution in [3.8, 4) is 0 Å². The van der Waals surface area contributed by atoms with E-state index in [-0.39, 0.29) is 11.9 Å². The van der Waals surface area contributed by atoms with E-state index >= 15 is 0 Å². The smallest absolute Gasteiger partial charge is 0.308 e. The molecule has 0 bridgehead atoms. The van der Waals surface area contributed by atoms with Gasteiger partial charge in [-0.1, -0.05) is 12.1 Å². The van der Waals surface area contributed by atoms with Gasteiger partial charge in [0.2, 0.25) is 5.95 Å². The maximum absolute atomic E-state index is 11.8. The van der Waals surface area contributed by atoms with Crippen LogP contribution in [0.5, 0.6) is 0 Å². The summed E-state index contributed by atoms with van der Waals surface area (Å²) < 4.78 is 5.09. The number of fused-ring (bicyclic) bond motifs is 1. The number of likely N-dealkylation sites (N-methyl/N-ethyl adjacent to an activating group) is 1. The summed E-state index contributed by atoms with van der Waals surface area (Å²) >= 11 is 0. The number of esters is 1. The normalized spacial score (nSPS) is 24.0. The van der Waals surface area contributed by atoms with Gasteiger partial charge >= 0.3 is 5.97 Å². The number of para-hydroxylation sites is 2. The first-order chi connectivity index (χ1) is 11.5. The lowest BCUT2D eigenvalue weighted by molar-refractivity contribution is -0.150. The Morgan fingerprint density at radius 1 is 1.42 bits per heavy atom.